The summed E-state index contributed by atoms with van der Waals surface area (Å²) < 4.78 is 0. The van der Waals surface area contributed by atoms with E-state index in [1.165, 1.54) is 17.5 Å². The van der Waals surface area contributed by atoms with Crippen molar-refractivity contribution >= 4 is 5.91 Å². The number of carbonyl (C=O) groups excluding carboxylic acids is 1. The molecule has 0 aromatic heterocycles. The van der Waals surface area contributed by atoms with E-state index in [1.54, 1.807) is 0 Å². The molecule has 1 amide bonds. The van der Waals surface area contributed by atoms with Crippen LogP contribution in [0.2, 0.25) is 0 Å². The highest BCUT2D eigenvalue weighted by Crippen LogP contribution is 2.14. The molecule has 0 saturated carbocycles. The Kier molecular flexibility index (Phi) is 5.11. The Morgan fingerprint density at radius 1 is 1.23 bits per heavy atom. The molecule has 1 N–H and O–H groups in total. The molecule has 1 atom stereocenters. The van der Waals surface area contributed by atoms with Gasteiger partial charge in [-0.2, -0.15) is 0 Å². The van der Waals surface area contributed by atoms with Gasteiger partial charge in [-0.05, 0) is 37.4 Å². The third-order valence-corrected chi connectivity index (χ3v) is 5.09. The molecule has 4 heteroatoms. The molecule has 1 aromatic rings. The van der Waals surface area contributed by atoms with E-state index >= 15 is 0 Å². The number of nitrogens with one attached hydrogen (secondary N) is 1. The minimum absolute atomic E-state index is 0.312. The van der Waals surface area contributed by atoms with Crippen molar-refractivity contribution in [3.63, 3.8) is 0 Å². The van der Waals surface area contributed by atoms with Crippen molar-refractivity contribution in [2.45, 2.75) is 32.2 Å². The van der Waals surface area contributed by atoms with Crippen molar-refractivity contribution in [3.8, 4) is 0 Å². The quantitative estimate of drug-likeness (QED) is 0.914. The van der Waals surface area contributed by atoms with Gasteiger partial charge in [0.05, 0.1) is 0 Å². The molecule has 1 unspecified atom stereocenters. The first-order valence-corrected chi connectivity index (χ1v) is 8.51. The first-order chi connectivity index (χ1) is 10.7. The Hall–Kier alpha value is -1.39. The molecule has 2 heterocycles. The lowest BCUT2D eigenvalue weighted by Crippen LogP contribution is -2.52. The second-order valence-electron chi connectivity index (χ2n) is 6.49. The Bertz CT molecular complexity index is 503. The number of nitrogens with zero attached hydrogens (tertiary/aromatic N) is 2. The van der Waals surface area contributed by atoms with Gasteiger partial charge in [0.2, 0.25) is 5.91 Å². The number of aryl methyl sites for hydroxylation is 2. The van der Waals surface area contributed by atoms with Gasteiger partial charge in [0.15, 0.2) is 0 Å². The summed E-state index contributed by atoms with van der Waals surface area (Å²) in [6, 6.07) is 9.05. The molecule has 2 aliphatic rings. The molecule has 2 saturated heterocycles. The number of piperazine rings is 1. The fraction of sp³-hybridized carbons (Fsp3) is 0.611. The van der Waals surface area contributed by atoms with E-state index in [4.69, 9.17) is 0 Å². The average molecular weight is 301 g/mol. The number of amides is 1. The summed E-state index contributed by atoms with van der Waals surface area (Å²) in [4.78, 5) is 17.0. The van der Waals surface area contributed by atoms with Crippen LogP contribution in [0.15, 0.2) is 24.3 Å². The van der Waals surface area contributed by atoms with Gasteiger partial charge in [0, 0.05) is 45.2 Å². The average Bonchev–Trinajstić information content (AvgIpc) is 3.08. The molecule has 120 valence electrons. The third-order valence-electron chi connectivity index (χ3n) is 5.09. The SMILES string of the molecule is Cc1ccccc1CCC(=O)N1CCN(C2CCNC2)CC1. The molecule has 4 nitrogen and oxygen atoms in total. The number of hydrogen-bond acceptors (Lipinski definition) is 3. The summed E-state index contributed by atoms with van der Waals surface area (Å²) in [5.74, 6) is 0.312. The summed E-state index contributed by atoms with van der Waals surface area (Å²) >= 11 is 0. The molecule has 0 spiro atoms. The van der Waals surface area contributed by atoms with Crippen molar-refractivity contribution in [2.75, 3.05) is 39.3 Å². The minimum atomic E-state index is 0.312. The van der Waals surface area contributed by atoms with Gasteiger partial charge in [0.25, 0.3) is 0 Å². The maximum atomic E-state index is 12.4. The lowest BCUT2D eigenvalue weighted by atomic mass is 10.0. The van der Waals surface area contributed by atoms with Gasteiger partial charge < -0.3 is 10.2 Å². The molecule has 2 fully saturated rings. The molecule has 1 aromatic carbocycles. The van der Waals surface area contributed by atoms with Crippen molar-refractivity contribution in [1.29, 1.82) is 0 Å². The van der Waals surface area contributed by atoms with Crippen LogP contribution in [0.5, 0.6) is 0 Å². The van der Waals surface area contributed by atoms with Crippen molar-refractivity contribution in [1.82, 2.24) is 15.1 Å². The monoisotopic (exact) mass is 301 g/mol. The van der Waals surface area contributed by atoms with Crippen LogP contribution >= 0.6 is 0 Å². The number of hydrogen-bond donors (Lipinski definition) is 1. The van der Waals surface area contributed by atoms with Gasteiger partial charge in [-0.1, -0.05) is 24.3 Å². The lowest BCUT2D eigenvalue weighted by molar-refractivity contribution is -0.133. The first-order valence-electron chi connectivity index (χ1n) is 8.51. The zero-order valence-corrected chi connectivity index (χ0v) is 13.6. The number of benzene rings is 1. The van der Waals surface area contributed by atoms with E-state index in [2.05, 4.69) is 46.3 Å². The summed E-state index contributed by atoms with van der Waals surface area (Å²) in [6.45, 7) is 8.22. The zero-order valence-electron chi connectivity index (χ0n) is 13.6. The van der Waals surface area contributed by atoms with E-state index < -0.39 is 0 Å². The highest BCUT2D eigenvalue weighted by atomic mass is 16.2. The summed E-state index contributed by atoms with van der Waals surface area (Å²) in [5.41, 5.74) is 2.58. The first kappa shape index (κ1) is 15.5. The van der Waals surface area contributed by atoms with Crippen molar-refractivity contribution < 1.29 is 4.79 Å². The summed E-state index contributed by atoms with van der Waals surface area (Å²) in [6.07, 6.45) is 2.75. The van der Waals surface area contributed by atoms with Crippen LogP contribution in [-0.4, -0.2) is 61.0 Å². The largest absolute Gasteiger partial charge is 0.340 e. The molecule has 0 radical (unpaired) electrons. The smallest absolute Gasteiger partial charge is 0.222 e. The maximum Gasteiger partial charge on any atom is 0.222 e. The van der Waals surface area contributed by atoms with Crippen molar-refractivity contribution in [2.24, 2.45) is 0 Å². The highest BCUT2D eigenvalue weighted by molar-refractivity contribution is 5.76. The van der Waals surface area contributed by atoms with Crippen LogP contribution in [0.25, 0.3) is 0 Å². The Morgan fingerprint density at radius 2 is 2.00 bits per heavy atom. The predicted molar refractivity (Wildman–Crippen MR) is 88.9 cm³/mol. The predicted octanol–water partition coefficient (Wildman–Crippen LogP) is 1.43. The molecule has 22 heavy (non-hydrogen) atoms. The zero-order chi connectivity index (χ0) is 15.4. The van der Waals surface area contributed by atoms with Crippen LogP contribution in [0.3, 0.4) is 0 Å². The second-order valence-corrected chi connectivity index (χ2v) is 6.49. The number of carbonyl (C=O) groups is 1. The van der Waals surface area contributed by atoms with Crippen LogP contribution in [-0.2, 0) is 11.2 Å². The van der Waals surface area contributed by atoms with Gasteiger partial charge in [0.1, 0.15) is 0 Å². The van der Waals surface area contributed by atoms with E-state index in [9.17, 15) is 4.79 Å². The van der Waals surface area contributed by atoms with E-state index in [-0.39, 0.29) is 0 Å². The summed E-state index contributed by atoms with van der Waals surface area (Å²) in [5, 5.41) is 3.43. The molecular formula is C18H27N3O. The Labute approximate surface area is 133 Å². The Morgan fingerprint density at radius 3 is 2.68 bits per heavy atom. The minimum Gasteiger partial charge on any atom is -0.340 e. The molecule has 0 aliphatic carbocycles. The van der Waals surface area contributed by atoms with E-state index in [0.29, 0.717) is 18.4 Å². The van der Waals surface area contributed by atoms with E-state index in [0.717, 1.165) is 45.7 Å². The normalized spacial score (nSPS) is 23.0. The third kappa shape index (κ3) is 3.68. The highest BCUT2D eigenvalue weighted by Gasteiger charge is 2.27. The van der Waals surface area contributed by atoms with Crippen LogP contribution in [0.1, 0.15) is 24.0 Å². The molecule has 0 bridgehead atoms. The van der Waals surface area contributed by atoms with Gasteiger partial charge in [-0.15, -0.1) is 0 Å². The van der Waals surface area contributed by atoms with Gasteiger partial charge in [-0.3, -0.25) is 9.69 Å². The van der Waals surface area contributed by atoms with Crippen LogP contribution < -0.4 is 5.32 Å². The van der Waals surface area contributed by atoms with Crippen LogP contribution in [0, 0.1) is 6.92 Å². The standard InChI is InChI=1S/C18H27N3O/c1-15-4-2-3-5-16(15)6-7-18(22)21-12-10-20(11-13-21)17-8-9-19-14-17/h2-5,17,19H,6-14H2,1H3. The van der Waals surface area contributed by atoms with Gasteiger partial charge in [-0.25, -0.2) is 0 Å². The van der Waals surface area contributed by atoms with E-state index in [1.807, 2.05) is 0 Å². The maximum absolute atomic E-state index is 12.4. The fourth-order valence-electron chi connectivity index (χ4n) is 3.58. The molecule has 2 aliphatic heterocycles. The fourth-order valence-corrected chi connectivity index (χ4v) is 3.58. The molecule has 3 rings (SSSR count). The number of rotatable bonds is 4. The molecular weight excluding hydrogens is 274 g/mol. The lowest BCUT2D eigenvalue weighted by Gasteiger charge is -2.37. The van der Waals surface area contributed by atoms with Gasteiger partial charge >= 0.3 is 0 Å². The van der Waals surface area contributed by atoms with Crippen molar-refractivity contribution in [3.05, 3.63) is 35.4 Å². The Balaban J connectivity index is 1.45. The summed E-state index contributed by atoms with van der Waals surface area (Å²) in [7, 11) is 0. The second kappa shape index (κ2) is 7.25. The topological polar surface area (TPSA) is 35.6 Å². The van der Waals surface area contributed by atoms with Crippen LogP contribution in [0.4, 0.5) is 0 Å².